The number of hydrogen-bond acceptors (Lipinski definition) is 6. The van der Waals surface area contributed by atoms with Crippen LogP contribution in [0.25, 0.3) is 0 Å². The van der Waals surface area contributed by atoms with Gasteiger partial charge in [0, 0.05) is 32.3 Å². The predicted molar refractivity (Wildman–Crippen MR) is 70.7 cm³/mol. The van der Waals surface area contributed by atoms with Gasteiger partial charge in [-0.1, -0.05) is 0 Å². The molecular weight excluding hydrogens is 276 g/mol. The highest BCUT2D eigenvalue weighted by Gasteiger charge is 2.42. The van der Waals surface area contributed by atoms with Gasteiger partial charge in [-0.05, 0) is 36.1 Å². The van der Waals surface area contributed by atoms with Crippen LogP contribution < -0.4 is 0 Å². The Hall–Kier alpha value is -1.54. The number of ether oxygens (including phenoxy) is 2. The van der Waals surface area contributed by atoms with Gasteiger partial charge in [0.15, 0.2) is 5.82 Å². The first kappa shape index (κ1) is 14.4. The van der Waals surface area contributed by atoms with Crippen LogP contribution in [0, 0.1) is 5.41 Å². The predicted octanol–water partition coefficient (Wildman–Crippen LogP) is 0.448. The number of rotatable bonds is 4. The molecule has 1 N–H and O–H groups in total. The van der Waals surface area contributed by atoms with Crippen molar-refractivity contribution < 1.29 is 19.4 Å². The summed E-state index contributed by atoms with van der Waals surface area (Å²) in [6.45, 7) is 2.66. The first-order chi connectivity index (χ1) is 10.2. The normalized spacial score (nSPS) is 23.0. The van der Waals surface area contributed by atoms with Gasteiger partial charge in [0.25, 0.3) is 0 Å². The Labute approximate surface area is 122 Å². The second kappa shape index (κ2) is 6.07. The van der Waals surface area contributed by atoms with E-state index in [-0.39, 0.29) is 5.92 Å². The second-order valence-corrected chi connectivity index (χ2v) is 5.78. The van der Waals surface area contributed by atoms with Crippen LogP contribution in [-0.4, -0.2) is 57.7 Å². The molecule has 0 amide bonds. The molecule has 116 valence electrons. The number of carboxylic acids is 1. The van der Waals surface area contributed by atoms with E-state index < -0.39 is 11.4 Å². The minimum atomic E-state index is -0.826. The van der Waals surface area contributed by atoms with Crippen molar-refractivity contribution in [2.75, 3.05) is 26.4 Å². The molecule has 2 saturated heterocycles. The van der Waals surface area contributed by atoms with Gasteiger partial charge in [-0.2, -0.15) is 0 Å². The molecule has 0 aliphatic carbocycles. The third kappa shape index (κ3) is 2.91. The number of nitrogens with zero attached hydrogens (tertiary/aromatic N) is 4. The lowest BCUT2D eigenvalue weighted by molar-refractivity contribution is -0.156. The average molecular weight is 296 g/mol. The highest BCUT2D eigenvalue weighted by atomic mass is 16.5. The zero-order chi connectivity index (χ0) is 14.7. The van der Waals surface area contributed by atoms with E-state index in [1.807, 2.05) is 0 Å². The van der Waals surface area contributed by atoms with Crippen LogP contribution in [0.4, 0.5) is 0 Å². The van der Waals surface area contributed by atoms with Crippen LogP contribution in [0.1, 0.15) is 37.4 Å². The van der Waals surface area contributed by atoms with E-state index >= 15 is 0 Å². The number of hydrogen-bond donors (Lipinski definition) is 1. The summed E-state index contributed by atoms with van der Waals surface area (Å²) in [5, 5.41) is 21.5. The fourth-order valence-corrected chi connectivity index (χ4v) is 3.06. The van der Waals surface area contributed by atoms with Crippen molar-refractivity contribution in [1.29, 1.82) is 0 Å². The van der Waals surface area contributed by atoms with Crippen LogP contribution >= 0.6 is 0 Å². The molecule has 2 aliphatic rings. The largest absolute Gasteiger partial charge is 0.481 e. The van der Waals surface area contributed by atoms with E-state index in [1.165, 1.54) is 0 Å². The Morgan fingerprint density at radius 1 is 1.24 bits per heavy atom. The third-order valence-electron chi connectivity index (χ3n) is 4.50. The van der Waals surface area contributed by atoms with E-state index in [0.717, 1.165) is 18.7 Å². The van der Waals surface area contributed by atoms with E-state index in [1.54, 1.807) is 4.68 Å². The topological polar surface area (TPSA) is 99.4 Å². The fourth-order valence-electron chi connectivity index (χ4n) is 3.06. The molecule has 0 aromatic carbocycles. The minimum Gasteiger partial charge on any atom is -0.481 e. The molecule has 3 heterocycles. The zero-order valence-electron chi connectivity index (χ0n) is 11.9. The molecule has 0 bridgehead atoms. The molecule has 0 atom stereocenters. The lowest BCUT2D eigenvalue weighted by atomic mass is 9.80. The van der Waals surface area contributed by atoms with E-state index in [0.29, 0.717) is 45.8 Å². The van der Waals surface area contributed by atoms with Crippen LogP contribution in [0.15, 0.2) is 0 Å². The quantitative estimate of drug-likeness (QED) is 0.861. The summed E-state index contributed by atoms with van der Waals surface area (Å²) < 4.78 is 12.3. The molecule has 1 aromatic heterocycles. The van der Waals surface area contributed by atoms with Gasteiger partial charge in [-0.15, -0.1) is 5.10 Å². The zero-order valence-corrected chi connectivity index (χ0v) is 11.9. The molecule has 0 unspecified atom stereocenters. The van der Waals surface area contributed by atoms with Crippen LogP contribution in [0.3, 0.4) is 0 Å². The fraction of sp³-hybridized carbons (Fsp3) is 0.846. The highest BCUT2D eigenvalue weighted by Crippen LogP contribution is 2.34. The summed E-state index contributed by atoms with van der Waals surface area (Å²) in [5.41, 5.74) is -0.826. The molecule has 0 saturated carbocycles. The highest BCUT2D eigenvalue weighted by molar-refractivity contribution is 5.74. The number of aliphatic carboxylic acids is 1. The molecule has 2 aliphatic heterocycles. The van der Waals surface area contributed by atoms with E-state index in [9.17, 15) is 9.90 Å². The molecular formula is C13H20N4O4. The summed E-state index contributed by atoms with van der Waals surface area (Å²) in [4.78, 5) is 11.7. The van der Waals surface area contributed by atoms with Gasteiger partial charge < -0.3 is 14.6 Å². The van der Waals surface area contributed by atoms with Gasteiger partial charge >= 0.3 is 5.97 Å². The number of aromatic nitrogens is 4. The maximum atomic E-state index is 11.7. The maximum absolute atomic E-state index is 11.7. The summed E-state index contributed by atoms with van der Waals surface area (Å²) in [6.07, 6.45) is 2.75. The number of tetrazole rings is 1. The third-order valence-corrected chi connectivity index (χ3v) is 4.50. The molecule has 0 radical (unpaired) electrons. The standard InChI is InChI=1S/C13H20N4O4/c18-12(19)13(3-7-21-8-4-13)9-17-11(14-15-16-17)10-1-5-20-6-2-10/h10H,1-9H2,(H,18,19). The molecule has 1 aromatic rings. The smallest absolute Gasteiger partial charge is 0.311 e. The molecule has 2 fully saturated rings. The molecule has 3 rings (SSSR count). The second-order valence-electron chi connectivity index (χ2n) is 5.78. The van der Waals surface area contributed by atoms with Gasteiger partial charge in [0.05, 0.1) is 12.0 Å². The Morgan fingerprint density at radius 3 is 2.57 bits per heavy atom. The number of carboxylic acid groups (broad SMARTS) is 1. The van der Waals surface area contributed by atoms with Crippen LogP contribution in [0.5, 0.6) is 0 Å². The van der Waals surface area contributed by atoms with Crippen molar-refractivity contribution in [3.8, 4) is 0 Å². The molecule has 8 heteroatoms. The van der Waals surface area contributed by atoms with E-state index in [2.05, 4.69) is 15.5 Å². The lowest BCUT2D eigenvalue weighted by Gasteiger charge is -2.33. The molecule has 21 heavy (non-hydrogen) atoms. The van der Waals surface area contributed by atoms with Crippen molar-refractivity contribution in [3.05, 3.63) is 5.82 Å². The first-order valence-corrected chi connectivity index (χ1v) is 7.36. The Kier molecular flexibility index (Phi) is 4.16. The summed E-state index contributed by atoms with van der Waals surface area (Å²) >= 11 is 0. The first-order valence-electron chi connectivity index (χ1n) is 7.36. The van der Waals surface area contributed by atoms with Gasteiger partial charge in [0.1, 0.15) is 0 Å². The van der Waals surface area contributed by atoms with Crippen molar-refractivity contribution >= 4 is 5.97 Å². The van der Waals surface area contributed by atoms with Crippen LogP contribution in [-0.2, 0) is 20.8 Å². The van der Waals surface area contributed by atoms with Crippen molar-refractivity contribution in [1.82, 2.24) is 20.2 Å². The lowest BCUT2D eigenvalue weighted by Crippen LogP contribution is -2.41. The Morgan fingerprint density at radius 2 is 1.90 bits per heavy atom. The SMILES string of the molecule is O=C(O)C1(Cn2nnnc2C2CCOCC2)CCOCC1. The molecule has 8 nitrogen and oxygen atoms in total. The van der Waals surface area contributed by atoms with Crippen molar-refractivity contribution in [2.45, 2.75) is 38.1 Å². The van der Waals surface area contributed by atoms with Gasteiger partial charge in [0.2, 0.25) is 0 Å². The van der Waals surface area contributed by atoms with Gasteiger partial charge in [-0.25, -0.2) is 4.68 Å². The Bertz CT molecular complexity index is 492. The van der Waals surface area contributed by atoms with Gasteiger partial charge in [-0.3, -0.25) is 4.79 Å². The average Bonchev–Trinajstić information content (AvgIpc) is 2.97. The Balaban J connectivity index is 1.80. The van der Waals surface area contributed by atoms with Crippen LogP contribution in [0.2, 0.25) is 0 Å². The molecule has 0 spiro atoms. The van der Waals surface area contributed by atoms with E-state index in [4.69, 9.17) is 9.47 Å². The maximum Gasteiger partial charge on any atom is 0.311 e. The van der Waals surface area contributed by atoms with Crippen molar-refractivity contribution in [2.24, 2.45) is 5.41 Å². The summed E-state index contributed by atoms with van der Waals surface area (Å²) in [5.74, 6) is 0.240. The number of carbonyl (C=O) groups is 1. The van der Waals surface area contributed by atoms with Crippen molar-refractivity contribution in [3.63, 3.8) is 0 Å². The monoisotopic (exact) mass is 296 g/mol. The summed E-state index contributed by atoms with van der Waals surface area (Å²) in [7, 11) is 0. The summed E-state index contributed by atoms with van der Waals surface area (Å²) in [6, 6.07) is 0. The minimum absolute atomic E-state index is 0.249.